The van der Waals surface area contributed by atoms with Crippen molar-refractivity contribution in [1.82, 2.24) is 29.5 Å². The number of benzene rings is 2. The van der Waals surface area contributed by atoms with Gasteiger partial charge in [0.05, 0.1) is 24.2 Å². The number of amides is 1. The number of aryl methyl sites for hydroxylation is 2. The highest BCUT2D eigenvalue weighted by Gasteiger charge is 2.33. The van der Waals surface area contributed by atoms with Gasteiger partial charge in [0.2, 0.25) is 6.41 Å². The monoisotopic (exact) mass is 616 g/mol. The van der Waals surface area contributed by atoms with Gasteiger partial charge in [-0.3, -0.25) is 23.7 Å². The van der Waals surface area contributed by atoms with Gasteiger partial charge >= 0.3 is 0 Å². The summed E-state index contributed by atoms with van der Waals surface area (Å²) in [6.45, 7) is 4.77. The number of nitrogens with one attached hydrogen (secondary N) is 1. The van der Waals surface area contributed by atoms with Crippen molar-refractivity contribution in [1.29, 1.82) is 0 Å². The third kappa shape index (κ3) is 6.14. The van der Waals surface area contributed by atoms with E-state index in [1.165, 1.54) is 21.3 Å². The van der Waals surface area contributed by atoms with E-state index < -0.39 is 5.60 Å². The Morgan fingerprint density at radius 1 is 1.09 bits per heavy atom. The SMILES string of the molecule is Cc1csc(-c2ccc(CN3CCC(O)(Cn4cnc5c(-c6ccc(CNC=O)cc6)n(C)nc5c4=O)CC3)c(Cl)c2)c1. The zero-order valence-electron chi connectivity index (χ0n) is 24.1. The molecular weight excluding hydrogens is 584 g/mol. The normalized spacial score (nSPS) is 15.2. The van der Waals surface area contributed by atoms with Crippen LogP contribution in [0.15, 0.2) is 65.0 Å². The first kappa shape index (κ1) is 29.3. The van der Waals surface area contributed by atoms with Crippen LogP contribution in [-0.4, -0.2) is 54.4 Å². The summed E-state index contributed by atoms with van der Waals surface area (Å²) in [6, 6.07) is 16.1. The number of piperidine rings is 1. The Kier molecular flexibility index (Phi) is 8.19. The molecule has 5 aromatic rings. The summed E-state index contributed by atoms with van der Waals surface area (Å²) < 4.78 is 3.14. The van der Waals surface area contributed by atoms with Gasteiger partial charge in [0.1, 0.15) is 5.52 Å². The minimum atomic E-state index is -1.02. The summed E-state index contributed by atoms with van der Waals surface area (Å²) >= 11 is 8.39. The van der Waals surface area contributed by atoms with E-state index in [1.807, 2.05) is 30.3 Å². The Labute approximate surface area is 258 Å². The molecule has 1 fully saturated rings. The fourth-order valence-corrected chi connectivity index (χ4v) is 6.86. The molecule has 0 atom stereocenters. The molecule has 222 valence electrons. The van der Waals surface area contributed by atoms with Crippen LogP contribution in [0.1, 0.15) is 29.5 Å². The fourth-order valence-electron chi connectivity index (χ4n) is 5.73. The molecule has 2 N–H and O–H groups in total. The Hall–Kier alpha value is -3.83. The maximum absolute atomic E-state index is 13.5. The molecule has 6 rings (SSSR count). The molecule has 0 spiro atoms. The fraction of sp³-hybridized carbons (Fsp3) is 0.312. The summed E-state index contributed by atoms with van der Waals surface area (Å²) in [6.07, 6.45) is 3.24. The first-order valence-corrected chi connectivity index (χ1v) is 15.5. The summed E-state index contributed by atoms with van der Waals surface area (Å²) in [7, 11) is 1.79. The largest absolute Gasteiger partial charge is 0.388 e. The van der Waals surface area contributed by atoms with Gasteiger partial charge in [-0.1, -0.05) is 48.0 Å². The zero-order chi connectivity index (χ0) is 30.1. The van der Waals surface area contributed by atoms with Gasteiger partial charge in [-0.25, -0.2) is 4.98 Å². The van der Waals surface area contributed by atoms with Crippen molar-refractivity contribution < 1.29 is 9.90 Å². The van der Waals surface area contributed by atoms with E-state index in [2.05, 4.69) is 50.8 Å². The minimum Gasteiger partial charge on any atom is -0.388 e. The summed E-state index contributed by atoms with van der Waals surface area (Å²) in [4.78, 5) is 32.1. The van der Waals surface area contributed by atoms with Crippen molar-refractivity contribution in [3.05, 3.63) is 92.3 Å². The average molecular weight is 617 g/mol. The van der Waals surface area contributed by atoms with Gasteiger partial charge < -0.3 is 10.4 Å². The molecule has 2 aromatic carbocycles. The maximum Gasteiger partial charge on any atom is 0.281 e. The highest BCUT2D eigenvalue weighted by atomic mass is 35.5. The first-order chi connectivity index (χ1) is 20.7. The molecule has 3 aromatic heterocycles. The van der Waals surface area contributed by atoms with E-state index in [0.717, 1.165) is 33.0 Å². The maximum atomic E-state index is 13.5. The number of aliphatic hydroxyl groups is 1. The van der Waals surface area contributed by atoms with Crippen LogP contribution in [0.2, 0.25) is 5.02 Å². The van der Waals surface area contributed by atoms with E-state index >= 15 is 0 Å². The molecule has 43 heavy (non-hydrogen) atoms. The molecule has 1 amide bonds. The van der Waals surface area contributed by atoms with Crippen LogP contribution in [0, 0.1) is 6.92 Å². The number of likely N-dealkylation sites (tertiary alicyclic amines) is 1. The Morgan fingerprint density at radius 3 is 2.51 bits per heavy atom. The van der Waals surface area contributed by atoms with Crippen LogP contribution < -0.4 is 10.9 Å². The highest BCUT2D eigenvalue weighted by molar-refractivity contribution is 7.13. The molecule has 4 heterocycles. The summed E-state index contributed by atoms with van der Waals surface area (Å²) in [5, 5.41) is 21.5. The highest BCUT2D eigenvalue weighted by Crippen LogP contribution is 2.32. The number of hydrogen-bond acceptors (Lipinski definition) is 7. The van der Waals surface area contributed by atoms with E-state index in [4.69, 9.17) is 11.6 Å². The predicted molar refractivity (Wildman–Crippen MR) is 170 cm³/mol. The third-order valence-electron chi connectivity index (χ3n) is 8.14. The van der Waals surface area contributed by atoms with E-state index in [0.29, 0.717) is 50.9 Å². The van der Waals surface area contributed by atoms with Crippen LogP contribution in [0.25, 0.3) is 32.7 Å². The number of carbonyl (C=O) groups excluding carboxylic acids is 1. The Bertz CT molecular complexity index is 1840. The number of hydrogen-bond donors (Lipinski definition) is 2. The van der Waals surface area contributed by atoms with Crippen LogP contribution >= 0.6 is 22.9 Å². The van der Waals surface area contributed by atoms with Gasteiger partial charge in [-0.05, 0) is 59.5 Å². The zero-order valence-corrected chi connectivity index (χ0v) is 25.7. The molecule has 0 unspecified atom stereocenters. The number of aromatic nitrogens is 4. The minimum absolute atomic E-state index is 0.155. The molecule has 9 nitrogen and oxygen atoms in total. The predicted octanol–water partition coefficient (Wildman–Crippen LogP) is 4.76. The summed E-state index contributed by atoms with van der Waals surface area (Å²) in [5.74, 6) is 0. The second-order valence-electron chi connectivity index (χ2n) is 11.3. The lowest BCUT2D eigenvalue weighted by Gasteiger charge is -2.38. The topological polar surface area (TPSA) is 105 Å². The van der Waals surface area contributed by atoms with E-state index in [9.17, 15) is 14.7 Å². The van der Waals surface area contributed by atoms with Crippen molar-refractivity contribution in [2.75, 3.05) is 13.1 Å². The van der Waals surface area contributed by atoms with Crippen molar-refractivity contribution in [2.24, 2.45) is 7.05 Å². The number of nitrogens with zero attached hydrogens (tertiary/aromatic N) is 5. The van der Waals surface area contributed by atoms with Crippen LogP contribution in [-0.2, 0) is 31.5 Å². The number of fused-ring (bicyclic) bond motifs is 1. The van der Waals surface area contributed by atoms with Crippen molar-refractivity contribution >= 4 is 40.4 Å². The van der Waals surface area contributed by atoms with Gasteiger partial charge in [-0.2, -0.15) is 5.10 Å². The van der Waals surface area contributed by atoms with Crippen molar-refractivity contribution in [2.45, 2.75) is 45.0 Å². The molecule has 0 saturated carbocycles. The van der Waals surface area contributed by atoms with Crippen molar-refractivity contribution in [3.63, 3.8) is 0 Å². The quantitative estimate of drug-likeness (QED) is 0.231. The molecule has 11 heteroatoms. The van der Waals surface area contributed by atoms with Crippen LogP contribution in [0.5, 0.6) is 0 Å². The number of halogens is 1. The first-order valence-electron chi connectivity index (χ1n) is 14.2. The molecule has 1 aliphatic rings. The number of rotatable bonds is 9. The number of carbonyl (C=O) groups is 1. The van der Waals surface area contributed by atoms with Gasteiger partial charge in [-0.15, -0.1) is 11.3 Å². The smallest absolute Gasteiger partial charge is 0.281 e. The molecule has 1 saturated heterocycles. The molecule has 1 aliphatic heterocycles. The average Bonchev–Trinajstić information content (AvgIpc) is 3.59. The molecule has 0 aliphatic carbocycles. The molecule has 0 radical (unpaired) electrons. The second kappa shape index (κ2) is 12.0. The molecule has 0 bridgehead atoms. The lowest BCUT2D eigenvalue weighted by molar-refractivity contribution is -0.109. The van der Waals surface area contributed by atoms with Gasteiger partial charge in [0.25, 0.3) is 5.56 Å². The Balaban J connectivity index is 1.13. The summed E-state index contributed by atoms with van der Waals surface area (Å²) in [5.41, 5.74) is 5.48. The van der Waals surface area contributed by atoms with E-state index in [-0.39, 0.29) is 17.6 Å². The van der Waals surface area contributed by atoms with Crippen molar-refractivity contribution in [3.8, 4) is 21.7 Å². The third-order valence-corrected chi connectivity index (χ3v) is 9.59. The molecular formula is C32H33ClN6O3S. The second-order valence-corrected chi connectivity index (χ2v) is 12.7. The van der Waals surface area contributed by atoms with Crippen LogP contribution in [0.4, 0.5) is 0 Å². The van der Waals surface area contributed by atoms with Gasteiger partial charge in [0.15, 0.2) is 5.52 Å². The standard InChI is InChI=1S/C32H33ClN6O3S/c1-21-13-27(43-17-21)24-7-8-25(26(33)14-24)16-38-11-9-32(42,10-12-38)18-39-19-35-28-29(31(39)41)36-37(2)30(28)23-5-3-22(4-6-23)15-34-20-40/h3-8,13-14,17,19-20,42H,9-12,15-16,18H2,1-2H3,(H,34,40). The Morgan fingerprint density at radius 2 is 1.84 bits per heavy atom. The van der Waals surface area contributed by atoms with Gasteiger partial charge in [0, 0.05) is 48.7 Å². The van der Waals surface area contributed by atoms with E-state index in [1.54, 1.807) is 23.1 Å². The lowest BCUT2D eigenvalue weighted by Crippen LogP contribution is -2.47. The number of thiophene rings is 1. The van der Waals surface area contributed by atoms with Crippen LogP contribution in [0.3, 0.4) is 0 Å². The lowest BCUT2D eigenvalue weighted by atomic mass is 9.91.